The van der Waals surface area contributed by atoms with Gasteiger partial charge in [0.1, 0.15) is 11.8 Å². The van der Waals surface area contributed by atoms with Crippen LogP contribution in [0, 0.1) is 11.8 Å². The van der Waals surface area contributed by atoms with Crippen molar-refractivity contribution in [3.63, 3.8) is 0 Å². The van der Waals surface area contributed by atoms with Gasteiger partial charge < -0.3 is 9.64 Å². The largest absolute Gasteiger partial charge is 0.497 e. The number of ether oxygens (including phenoxy) is 1. The molecule has 3 aliphatic rings. The number of benzene rings is 2. The summed E-state index contributed by atoms with van der Waals surface area (Å²) < 4.78 is 5.16. The minimum Gasteiger partial charge on any atom is -0.497 e. The Morgan fingerprint density at radius 2 is 1.66 bits per heavy atom. The zero-order chi connectivity index (χ0) is 20.3. The molecule has 4 atom stereocenters. The van der Waals surface area contributed by atoms with Crippen LogP contribution in [0.2, 0.25) is 0 Å². The number of methoxy groups -OCH3 is 1. The third-order valence-corrected chi connectivity index (χ3v) is 6.16. The number of imide groups is 1. The van der Waals surface area contributed by atoms with E-state index < -0.39 is 17.9 Å². The summed E-state index contributed by atoms with van der Waals surface area (Å²) in [6, 6.07) is 13.6. The van der Waals surface area contributed by atoms with E-state index in [9.17, 15) is 14.4 Å². The minimum atomic E-state index is -0.692. The highest BCUT2D eigenvalue weighted by molar-refractivity contribution is 6.24. The predicted molar refractivity (Wildman–Crippen MR) is 109 cm³/mol. The molecule has 2 saturated heterocycles. The maximum atomic E-state index is 13.4. The van der Waals surface area contributed by atoms with E-state index in [1.807, 2.05) is 41.3 Å². The summed E-state index contributed by atoms with van der Waals surface area (Å²) in [6.45, 7) is 1.50. The Kier molecular flexibility index (Phi) is 3.84. The molecule has 3 heterocycles. The summed E-state index contributed by atoms with van der Waals surface area (Å²) >= 11 is 0. The molecule has 6 heteroatoms. The first-order valence-electron chi connectivity index (χ1n) is 9.61. The fourth-order valence-corrected chi connectivity index (χ4v) is 4.96. The molecule has 0 N–H and O–H groups in total. The molecular weight excluding hydrogens is 368 g/mol. The van der Waals surface area contributed by atoms with Crippen LogP contribution in [0.25, 0.3) is 6.08 Å². The van der Waals surface area contributed by atoms with Crippen LogP contribution in [0.1, 0.15) is 12.5 Å². The zero-order valence-corrected chi connectivity index (χ0v) is 16.1. The van der Waals surface area contributed by atoms with Crippen molar-refractivity contribution in [2.24, 2.45) is 11.8 Å². The van der Waals surface area contributed by atoms with Crippen LogP contribution in [-0.4, -0.2) is 36.8 Å². The lowest BCUT2D eigenvalue weighted by Gasteiger charge is -2.36. The highest BCUT2D eigenvalue weighted by Crippen LogP contribution is 2.49. The number of carbonyl (C=O) groups excluding carboxylic acids is 3. The first-order chi connectivity index (χ1) is 14.0. The summed E-state index contributed by atoms with van der Waals surface area (Å²) in [5.41, 5.74) is 2.39. The van der Waals surface area contributed by atoms with Crippen molar-refractivity contribution in [2.75, 3.05) is 16.9 Å². The number of hydrogen-bond acceptors (Lipinski definition) is 5. The lowest BCUT2D eigenvalue weighted by atomic mass is 9.88. The third-order valence-electron chi connectivity index (χ3n) is 6.16. The summed E-state index contributed by atoms with van der Waals surface area (Å²) in [5, 5.41) is 0. The molecular formula is C23H20N2O4. The Labute approximate surface area is 168 Å². The monoisotopic (exact) mass is 388 g/mol. The number of ketones is 1. The van der Waals surface area contributed by atoms with Gasteiger partial charge in [-0.15, -0.1) is 0 Å². The van der Waals surface area contributed by atoms with Crippen LogP contribution >= 0.6 is 0 Å². The molecule has 6 nitrogen and oxygen atoms in total. The zero-order valence-electron chi connectivity index (χ0n) is 16.1. The first-order valence-corrected chi connectivity index (χ1v) is 9.61. The fraction of sp³-hybridized carbons (Fsp3) is 0.261. The van der Waals surface area contributed by atoms with Gasteiger partial charge >= 0.3 is 0 Å². The van der Waals surface area contributed by atoms with Crippen LogP contribution in [0.3, 0.4) is 0 Å². The van der Waals surface area contributed by atoms with Gasteiger partial charge in [0.25, 0.3) is 0 Å². The van der Waals surface area contributed by atoms with Crippen LogP contribution < -0.4 is 14.5 Å². The smallest absolute Gasteiger partial charge is 0.240 e. The van der Waals surface area contributed by atoms with E-state index in [2.05, 4.69) is 0 Å². The topological polar surface area (TPSA) is 66.9 Å². The number of nitrogens with zero attached hydrogens (tertiary/aromatic N) is 2. The van der Waals surface area contributed by atoms with E-state index in [-0.39, 0.29) is 23.6 Å². The van der Waals surface area contributed by atoms with Crippen molar-refractivity contribution in [1.29, 1.82) is 0 Å². The van der Waals surface area contributed by atoms with E-state index in [0.29, 0.717) is 11.4 Å². The van der Waals surface area contributed by atoms with Crippen molar-refractivity contribution in [3.8, 4) is 5.75 Å². The molecule has 2 aromatic rings. The van der Waals surface area contributed by atoms with E-state index in [4.69, 9.17) is 4.74 Å². The summed E-state index contributed by atoms with van der Waals surface area (Å²) in [5.74, 6) is -1.30. The molecule has 2 aromatic carbocycles. The highest BCUT2D eigenvalue weighted by Gasteiger charge is 2.63. The SMILES string of the molecule is COc1ccc(N2C(=O)[C@@H]3[C@H](C2=O)[C@@H](C(C)=O)N2c4ccccc4C=C[C@@H]32)cc1. The summed E-state index contributed by atoms with van der Waals surface area (Å²) in [7, 11) is 1.56. The van der Waals surface area contributed by atoms with Gasteiger partial charge in [0.2, 0.25) is 11.8 Å². The van der Waals surface area contributed by atoms with Gasteiger partial charge in [0.05, 0.1) is 30.7 Å². The van der Waals surface area contributed by atoms with E-state index in [1.54, 1.807) is 31.4 Å². The van der Waals surface area contributed by atoms with Gasteiger partial charge in [-0.3, -0.25) is 14.4 Å². The quantitative estimate of drug-likeness (QED) is 0.757. The number of para-hydroxylation sites is 1. The molecule has 0 saturated carbocycles. The minimum absolute atomic E-state index is 0.106. The number of rotatable bonds is 3. The number of carbonyl (C=O) groups is 3. The van der Waals surface area contributed by atoms with Crippen molar-refractivity contribution >= 4 is 35.0 Å². The van der Waals surface area contributed by atoms with Crippen molar-refractivity contribution in [3.05, 3.63) is 60.2 Å². The second-order valence-electron chi connectivity index (χ2n) is 7.63. The van der Waals surface area contributed by atoms with Gasteiger partial charge in [-0.05, 0) is 42.8 Å². The van der Waals surface area contributed by atoms with Gasteiger partial charge in [-0.1, -0.05) is 30.4 Å². The Morgan fingerprint density at radius 3 is 2.34 bits per heavy atom. The summed E-state index contributed by atoms with van der Waals surface area (Å²) in [6.07, 6.45) is 3.93. The Morgan fingerprint density at radius 1 is 0.966 bits per heavy atom. The normalized spacial score (nSPS) is 27.0. The molecule has 5 rings (SSSR count). The van der Waals surface area contributed by atoms with E-state index in [0.717, 1.165) is 11.3 Å². The van der Waals surface area contributed by atoms with Gasteiger partial charge in [0, 0.05) is 5.69 Å². The number of hydrogen-bond donors (Lipinski definition) is 0. The first kappa shape index (κ1) is 17.7. The van der Waals surface area contributed by atoms with Crippen LogP contribution in [0.4, 0.5) is 11.4 Å². The molecule has 0 radical (unpaired) electrons. The lowest BCUT2D eigenvalue weighted by Crippen LogP contribution is -2.48. The molecule has 2 amide bonds. The molecule has 146 valence electrons. The second-order valence-corrected chi connectivity index (χ2v) is 7.63. The number of fused-ring (bicyclic) bond motifs is 5. The Hall–Kier alpha value is -3.41. The molecule has 0 bridgehead atoms. The highest BCUT2D eigenvalue weighted by atomic mass is 16.5. The Balaban J connectivity index is 1.59. The molecule has 0 unspecified atom stereocenters. The lowest BCUT2D eigenvalue weighted by molar-refractivity contribution is -0.126. The second kappa shape index (κ2) is 6.30. The standard InChI is InChI=1S/C23H20N2O4/c1-13(26)21-20-19(18-12-7-14-5-3-4-6-17(14)25(18)21)22(27)24(23(20)28)15-8-10-16(29-2)11-9-15/h3-12,18-21H,1-2H3/t18-,19-,20-,21+/m0/s1. The van der Waals surface area contributed by atoms with E-state index >= 15 is 0 Å². The number of amides is 2. The average Bonchev–Trinajstić information content (AvgIpc) is 3.21. The molecule has 0 spiro atoms. The third kappa shape index (κ3) is 2.38. The molecule has 0 aromatic heterocycles. The van der Waals surface area contributed by atoms with Crippen molar-refractivity contribution in [2.45, 2.75) is 19.0 Å². The van der Waals surface area contributed by atoms with Crippen molar-refractivity contribution < 1.29 is 19.1 Å². The number of anilines is 2. The van der Waals surface area contributed by atoms with Gasteiger partial charge in [-0.2, -0.15) is 0 Å². The average molecular weight is 388 g/mol. The molecule has 2 fully saturated rings. The maximum absolute atomic E-state index is 13.4. The predicted octanol–water partition coefficient (Wildman–Crippen LogP) is 2.67. The number of Topliss-reactive ketones (excluding diaryl/α,β-unsaturated/α-hetero) is 1. The molecule has 3 aliphatic heterocycles. The van der Waals surface area contributed by atoms with Crippen LogP contribution in [0.15, 0.2) is 54.6 Å². The van der Waals surface area contributed by atoms with Crippen molar-refractivity contribution in [1.82, 2.24) is 0 Å². The summed E-state index contributed by atoms with van der Waals surface area (Å²) in [4.78, 5) is 42.6. The maximum Gasteiger partial charge on any atom is 0.240 e. The molecule has 0 aliphatic carbocycles. The van der Waals surface area contributed by atoms with Crippen LogP contribution in [-0.2, 0) is 14.4 Å². The van der Waals surface area contributed by atoms with Crippen LogP contribution in [0.5, 0.6) is 5.75 Å². The van der Waals surface area contributed by atoms with E-state index in [1.165, 1.54) is 11.8 Å². The van der Waals surface area contributed by atoms with Gasteiger partial charge in [-0.25, -0.2) is 4.90 Å². The Bertz CT molecular complexity index is 1060. The fourth-order valence-electron chi connectivity index (χ4n) is 4.96. The molecule has 29 heavy (non-hydrogen) atoms. The van der Waals surface area contributed by atoms with Gasteiger partial charge in [0.15, 0.2) is 5.78 Å².